The molecule has 28 heavy (non-hydrogen) atoms. The zero-order chi connectivity index (χ0) is 20.1. The Balaban J connectivity index is 1.60. The molecule has 8 heteroatoms. The number of furan rings is 1. The van der Waals surface area contributed by atoms with Crippen LogP contribution in [0.1, 0.15) is 27.4 Å². The second kappa shape index (κ2) is 8.28. The summed E-state index contributed by atoms with van der Waals surface area (Å²) in [5.74, 6) is 0.368. The minimum absolute atomic E-state index is 0.0321. The lowest BCUT2D eigenvalue weighted by Crippen LogP contribution is -2.41. The second-order valence-electron chi connectivity index (χ2n) is 6.20. The summed E-state index contributed by atoms with van der Waals surface area (Å²) >= 11 is 0. The van der Waals surface area contributed by atoms with Crippen molar-refractivity contribution in [1.82, 2.24) is 10.3 Å². The van der Waals surface area contributed by atoms with E-state index in [2.05, 4.69) is 10.3 Å². The molecule has 2 aromatic carbocycles. The van der Waals surface area contributed by atoms with Gasteiger partial charge in [-0.25, -0.2) is 8.42 Å². The van der Waals surface area contributed by atoms with Crippen molar-refractivity contribution in [3.05, 3.63) is 83.3 Å². The molecule has 146 valence electrons. The van der Waals surface area contributed by atoms with E-state index in [0.717, 1.165) is 5.56 Å². The summed E-state index contributed by atoms with van der Waals surface area (Å²) in [4.78, 5) is 14.4. The van der Waals surface area contributed by atoms with Gasteiger partial charge in [0.15, 0.2) is 5.76 Å². The Morgan fingerprint density at radius 2 is 1.79 bits per heavy atom. The number of ether oxygens (including phenoxy) is 1. The van der Waals surface area contributed by atoms with Crippen LogP contribution in [0.25, 0.3) is 0 Å². The van der Waals surface area contributed by atoms with E-state index >= 15 is 0 Å². The normalized spacial score (nSPS) is 11.2. The first-order chi connectivity index (χ1) is 13.3. The molecule has 0 aliphatic carbocycles. The van der Waals surface area contributed by atoms with Crippen LogP contribution in [0.15, 0.2) is 70.0 Å². The average molecular weight is 400 g/mol. The molecule has 3 rings (SSSR count). The van der Waals surface area contributed by atoms with E-state index in [9.17, 15) is 13.2 Å². The lowest BCUT2D eigenvalue weighted by atomic mass is 10.2. The number of carbonyl (C=O) groups excluding carboxylic acids is 1. The van der Waals surface area contributed by atoms with Gasteiger partial charge in [-0.05, 0) is 55.3 Å². The van der Waals surface area contributed by atoms with Gasteiger partial charge in [0.1, 0.15) is 18.1 Å². The molecule has 0 aliphatic rings. The topological polar surface area (TPSA) is 97.6 Å². The molecule has 0 unspecified atom stereocenters. The summed E-state index contributed by atoms with van der Waals surface area (Å²) < 4.78 is 35.8. The van der Waals surface area contributed by atoms with E-state index < -0.39 is 15.9 Å². The highest BCUT2D eigenvalue weighted by Crippen LogP contribution is 2.17. The summed E-state index contributed by atoms with van der Waals surface area (Å²) in [6.07, 6.45) is 0. The maximum Gasteiger partial charge on any atom is 0.301 e. The van der Waals surface area contributed by atoms with Gasteiger partial charge >= 0.3 is 5.91 Å². The molecule has 0 spiro atoms. The van der Waals surface area contributed by atoms with Gasteiger partial charge in [0, 0.05) is 0 Å². The lowest BCUT2D eigenvalue weighted by Gasteiger charge is -2.10. The van der Waals surface area contributed by atoms with E-state index in [4.69, 9.17) is 9.15 Å². The Morgan fingerprint density at radius 1 is 1.04 bits per heavy atom. The summed E-state index contributed by atoms with van der Waals surface area (Å²) in [6.45, 7) is 3.62. The van der Waals surface area contributed by atoms with Crippen molar-refractivity contribution in [2.24, 2.45) is 0 Å². The molecule has 0 bridgehead atoms. The van der Waals surface area contributed by atoms with Crippen LogP contribution in [-0.2, 0) is 16.6 Å². The van der Waals surface area contributed by atoms with Gasteiger partial charge in [0.2, 0.25) is 0 Å². The van der Waals surface area contributed by atoms with Gasteiger partial charge in [-0.2, -0.15) is 0 Å². The van der Waals surface area contributed by atoms with E-state index in [1.54, 1.807) is 38.1 Å². The van der Waals surface area contributed by atoms with Gasteiger partial charge < -0.3 is 9.15 Å². The number of benzene rings is 2. The van der Waals surface area contributed by atoms with Crippen LogP contribution in [0.2, 0.25) is 0 Å². The zero-order valence-corrected chi connectivity index (χ0v) is 16.2. The Kier molecular flexibility index (Phi) is 5.81. The number of para-hydroxylation sites is 1. The van der Waals surface area contributed by atoms with Crippen molar-refractivity contribution >= 4 is 15.9 Å². The fraction of sp³-hybridized carbons (Fsp3) is 0.150. The molecule has 0 fully saturated rings. The molecular weight excluding hydrogens is 380 g/mol. The van der Waals surface area contributed by atoms with Crippen molar-refractivity contribution in [2.45, 2.75) is 25.3 Å². The van der Waals surface area contributed by atoms with Crippen LogP contribution in [-0.4, -0.2) is 14.3 Å². The summed E-state index contributed by atoms with van der Waals surface area (Å²) in [7, 11) is -3.90. The van der Waals surface area contributed by atoms with Gasteiger partial charge in [0.25, 0.3) is 10.0 Å². The molecule has 1 amide bonds. The molecule has 3 aromatic rings. The van der Waals surface area contributed by atoms with Crippen molar-refractivity contribution in [3.63, 3.8) is 0 Å². The van der Waals surface area contributed by atoms with Gasteiger partial charge in [0.05, 0.1) is 4.90 Å². The third-order valence-corrected chi connectivity index (χ3v) is 5.33. The first-order valence-corrected chi connectivity index (χ1v) is 9.99. The highest BCUT2D eigenvalue weighted by Gasteiger charge is 2.19. The molecule has 0 saturated heterocycles. The molecule has 2 N–H and O–H groups in total. The van der Waals surface area contributed by atoms with Crippen molar-refractivity contribution in [3.8, 4) is 5.75 Å². The Labute approximate surface area is 163 Å². The van der Waals surface area contributed by atoms with Crippen LogP contribution in [0, 0.1) is 13.8 Å². The number of amides is 1. The predicted molar refractivity (Wildman–Crippen MR) is 103 cm³/mol. The molecule has 7 nitrogen and oxygen atoms in total. The van der Waals surface area contributed by atoms with E-state index in [1.165, 1.54) is 12.1 Å². The maximum absolute atomic E-state index is 12.4. The number of rotatable bonds is 7. The largest absolute Gasteiger partial charge is 0.486 e. The summed E-state index contributed by atoms with van der Waals surface area (Å²) in [5, 5.41) is 0. The number of hydrogen-bond acceptors (Lipinski definition) is 5. The zero-order valence-electron chi connectivity index (χ0n) is 15.4. The Morgan fingerprint density at radius 3 is 2.54 bits per heavy atom. The standard InChI is InChI=1S/C20H20N2O5S/c1-14-8-9-15(2)19(12-14)28(24,25)22-21-20(23)18-11-10-17(27-18)13-26-16-6-4-3-5-7-16/h3-12,22H,13H2,1-2H3,(H,21,23). The van der Waals surface area contributed by atoms with E-state index in [-0.39, 0.29) is 17.3 Å². The van der Waals surface area contributed by atoms with Crippen molar-refractivity contribution in [2.75, 3.05) is 0 Å². The van der Waals surface area contributed by atoms with Crippen LogP contribution >= 0.6 is 0 Å². The molecule has 0 aliphatic heterocycles. The van der Waals surface area contributed by atoms with E-state index in [0.29, 0.717) is 17.1 Å². The van der Waals surface area contributed by atoms with Gasteiger partial charge in [-0.1, -0.05) is 30.3 Å². The fourth-order valence-electron chi connectivity index (χ4n) is 2.48. The number of carbonyl (C=O) groups is 1. The smallest absolute Gasteiger partial charge is 0.301 e. The van der Waals surface area contributed by atoms with E-state index in [1.807, 2.05) is 24.3 Å². The number of hydrogen-bond donors (Lipinski definition) is 2. The third-order valence-electron chi connectivity index (χ3n) is 3.94. The van der Waals surface area contributed by atoms with Crippen molar-refractivity contribution < 1.29 is 22.4 Å². The van der Waals surface area contributed by atoms with Crippen LogP contribution in [0.3, 0.4) is 0 Å². The van der Waals surface area contributed by atoms with Crippen molar-refractivity contribution in [1.29, 1.82) is 0 Å². The monoisotopic (exact) mass is 400 g/mol. The molecular formula is C20H20N2O5S. The van der Waals surface area contributed by atoms with Crippen LogP contribution < -0.4 is 15.0 Å². The number of nitrogens with one attached hydrogen (secondary N) is 2. The molecule has 1 heterocycles. The molecule has 0 radical (unpaired) electrons. The SMILES string of the molecule is Cc1ccc(C)c(S(=O)(=O)NNC(=O)c2ccc(COc3ccccc3)o2)c1. The van der Waals surface area contributed by atoms with Crippen LogP contribution in [0.4, 0.5) is 0 Å². The summed E-state index contributed by atoms with van der Waals surface area (Å²) in [6, 6.07) is 17.3. The third kappa shape index (κ3) is 4.79. The second-order valence-corrected chi connectivity index (χ2v) is 7.85. The van der Waals surface area contributed by atoms with Gasteiger partial charge in [-0.15, -0.1) is 4.83 Å². The molecule has 0 saturated carbocycles. The minimum atomic E-state index is -3.90. The summed E-state index contributed by atoms with van der Waals surface area (Å²) in [5.41, 5.74) is 3.53. The average Bonchev–Trinajstić information content (AvgIpc) is 3.16. The van der Waals surface area contributed by atoms with Gasteiger partial charge in [-0.3, -0.25) is 10.2 Å². The quantitative estimate of drug-likeness (QED) is 0.594. The first kappa shape index (κ1) is 19.7. The predicted octanol–water partition coefficient (Wildman–Crippen LogP) is 3.10. The number of aryl methyl sites for hydroxylation is 2. The molecule has 1 aromatic heterocycles. The maximum atomic E-state index is 12.4. The van der Waals surface area contributed by atoms with Crippen LogP contribution in [0.5, 0.6) is 5.75 Å². The number of sulfonamides is 1. The highest BCUT2D eigenvalue weighted by atomic mass is 32.2. The molecule has 0 atom stereocenters. The lowest BCUT2D eigenvalue weighted by molar-refractivity contribution is 0.0913. The Bertz CT molecular complexity index is 1070. The first-order valence-electron chi connectivity index (χ1n) is 8.51. The fourth-order valence-corrected chi connectivity index (χ4v) is 3.65. The number of hydrazine groups is 1. The minimum Gasteiger partial charge on any atom is -0.486 e. The highest BCUT2D eigenvalue weighted by molar-refractivity contribution is 7.89. The Hall–Kier alpha value is -3.10.